The van der Waals surface area contributed by atoms with E-state index in [4.69, 9.17) is 10.2 Å². The number of rotatable bonds is 4. The molecular formula is C17H16N4O2. The first-order valence-corrected chi connectivity index (χ1v) is 7.13. The minimum absolute atomic E-state index is 0.118. The molecule has 2 heterocycles. The molecule has 0 radical (unpaired) electrons. The van der Waals surface area contributed by atoms with Gasteiger partial charge in [-0.15, -0.1) is 0 Å². The number of nitrogens with two attached hydrogens (primary N) is 1. The molecule has 0 fully saturated rings. The van der Waals surface area contributed by atoms with Crippen molar-refractivity contribution in [3.8, 4) is 11.6 Å². The van der Waals surface area contributed by atoms with Crippen LogP contribution in [-0.2, 0) is 6.54 Å². The van der Waals surface area contributed by atoms with Gasteiger partial charge in [-0.05, 0) is 24.6 Å². The van der Waals surface area contributed by atoms with Gasteiger partial charge in [0, 0.05) is 12.7 Å². The largest absolute Gasteiger partial charge is 0.461 e. The molecule has 0 spiro atoms. The van der Waals surface area contributed by atoms with Crippen LogP contribution in [0, 0.1) is 6.92 Å². The van der Waals surface area contributed by atoms with E-state index >= 15 is 0 Å². The Bertz CT molecular complexity index is 811. The van der Waals surface area contributed by atoms with Gasteiger partial charge in [0.25, 0.3) is 5.91 Å². The second-order valence-corrected chi connectivity index (χ2v) is 5.14. The van der Waals surface area contributed by atoms with Gasteiger partial charge in [-0.1, -0.05) is 29.8 Å². The lowest BCUT2D eigenvalue weighted by atomic mass is 10.1. The fourth-order valence-electron chi connectivity index (χ4n) is 2.08. The fourth-order valence-corrected chi connectivity index (χ4v) is 2.08. The Balaban J connectivity index is 1.71. The highest BCUT2D eigenvalue weighted by molar-refractivity contribution is 5.98. The molecule has 6 heteroatoms. The predicted octanol–water partition coefficient (Wildman–Crippen LogP) is 2.56. The summed E-state index contributed by atoms with van der Waals surface area (Å²) in [4.78, 5) is 20.4. The zero-order chi connectivity index (χ0) is 16.2. The molecule has 0 atom stereocenters. The zero-order valence-corrected chi connectivity index (χ0v) is 12.6. The molecule has 1 amide bonds. The van der Waals surface area contributed by atoms with Gasteiger partial charge in [-0.2, -0.15) is 0 Å². The maximum atomic E-state index is 12.2. The van der Waals surface area contributed by atoms with Crippen molar-refractivity contribution in [3.05, 3.63) is 65.5 Å². The summed E-state index contributed by atoms with van der Waals surface area (Å²) >= 11 is 0. The summed E-state index contributed by atoms with van der Waals surface area (Å²) in [6.45, 7) is 2.43. The third kappa shape index (κ3) is 3.37. The van der Waals surface area contributed by atoms with E-state index in [-0.39, 0.29) is 17.3 Å². The SMILES string of the molecule is Cc1ccc(CNC(=O)c2cnc(-c3ccco3)nc2N)cc1. The Morgan fingerprint density at radius 2 is 2.04 bits per heavy atom. The minimum atomic E-state index is -0.311. The van der Waals surface area contributed by atoms with Crippen LogP contribution in [0.1, 0.15) is 21.5 Å². The maximum absolute atomic E-state index is 12.2. The number of aryl methyl sites for hydroxylation is 1. The lowest BCUT2D eigenvalue weighted by Gasteiger charge is -2.08. The van der Waals surface area contributed by atoms with E-state index in [9.17, 15) is 4.79 Å². The molecule has 0 unspecified atom stereocenters. The topological polar surface area (TPSA) is 94.0 Å². The molecule has 0 saturated carbocycles. The number of aromatic nitrogens is 2. The molecule has 116 valence electrons. The molecule has 3 N–H and O–H groups in total. The molecular weight excluding hydrogens is 292 g/mol. The van der Waals surface area contributed by atoms with Crippen molar-refractivity contribution in [2.45, 2.75) is 13.5 Å². The van der Waals surface area contributed by atoms with Crippen LogP contribution in [0.4, 0.5) is 5.82 Å². The molecule has 23 heavy (non-hydrogen) atoms. The van der Waals surface area contributed by atoms with E-state index in [1.807, 2.05) is 31.2 Å². The summed E-state index contributed by atoms with van der Waals surface area (Å²) in [5.74, 6) is 0.660. The number of carbonyl (C=O) groups is 1. The smallest absolute Gasteiger partial charge is 0.256 e. The Kier molecular flexibility index (Phi) is 4.05. The highest BCUT2D eigenvalue weighted by Crippen LogP contribution is 2.17. The first-order valence-electron chi connectivity index (χ1n) is 7.13. The molecule has 1 aromatic carbocycles. The van der Waals surface area contributed by atoms with Crippen molar-refractivity contribution in [2.75, 3.05) is 5.73 Å². The third-order valence-corrected chi connectivity index (χ3v) is 3.38. The van der Waals surface area contributed by atoms with Gasteiger partial charge in [-0.25, -0.2) is 9.97 Å². The van der Waals surface area contributed by atoms with Crippen molar-refractivity contribution in [1.82, 2.24) is 15.3 Å². The summed E-state index contributed by atoms with van der Waals surface area (Å²) in [7, 11) is 0. The number of benzene rings is 1. The van der Waals surface area contributed by atoms with Gasteiger partial charge in [0.05, 0.1) is 11.8 Å². The lowest BCUT2D eigenvalue weighted by molar-refractivity contribution is 0.0951. The van der Waals surface area contributed by atoms with Crippen LogP contribution in [0.15, 0.2) is 53.3 Å². The number of hydrogen-bond acceptors (Lipinski definition) is 5. The Hall–Kier alpha value is -3.15. The van der Waals surface area contributed by atoms with Crippen LogP contribution < -0.4 is 11.1 Å². The van der Waals surface area contributed by atoms with Crippen molar-refractivity contribution in [3.63, 3.8) is 0 Å². The highest BCUT2D eigenvalue weighted by Gasteiger charge is 2.14. The van der Waals surface area contributed by atoms with Crippen molar-refractivity contribution < 1.29 is 9.21 Å². The van der Waals surface area contributed by atoms with Crippen molar-refractivity contribution in [2.24, 2.45) is 0 Å². The van der Waals surface area contributed by atoms with Crippen LogP contribution in [0.3, 0.4) is 0 Å². The van der Waals surface area contributed by atoms with Crippen LogP contribution in [0.25, 0.3) is 11.6 Å². The first kappa shape index (κ1) is 14.8. The zero-order valence-electron chi connectivity index (χ0n) is 12.6. The van der Waals surface area contributed by atoms with Crippen LogP contribution in [-0.4, -0.2) is 15.9 Å². The van der Waals surface area contributed by atoms with E-state index in [1.54, 1.807) is 12.1 Å². The average molecular weight is 308 g/mol. The average Bonchev–Trinajstić information content (AvgIpc) is 3.08. The molecule has 0 aliphatic heterocycles. The molecule has 0 saturated heterocycles. The Morgan fingerprint density at radius 1 is 1.26 bits per heavy atom. The Morgan fingerprint density at radius 3 is 2.70 bits per heavy atom. The third-order valence-electron chi connectivity index (χ3n) is 3.38. The van der Waals surface area contributed by atoms with E-state index in [1.165, 1.54) is 18.0 Å². The second kappa shape index (κ2) is 6.31. The van der Waals surface area contributed by atoms with E-state index in [2.05, 4.69) is 15.3 Å². The molecule has 2 aromatic heterocycles. The monoisotopic (exact) mass is 308 g/mol. The number of nitrogens with one attached hydrogen (secondary N) is 1. The number of anilines is 1. The van der Waals surface area contributed by atoms with E-state index in [0.717, 1.165) is 5.56 Å². The normalized spacial score (nSPS) is 10.5. The number of hydrogen-bond donors (Lipinski definition) is 2. The van der Waals surface area contributed by atoms with Gasteiger partial charge >= 0.3 is 0 Å². The van der Waals surface area contributed by atoms with Crippen molar-refractivity contribution in [1.29, 1.82) is 0 Å². The fraction of sp³-hybridized carbons (Fsp3) is 0.118. The molecule has 0 bridgehead atoms. The number of amides is 1. The van der Waals surface area contributed by atoms with E-state index < -0.39 is 0 Å². The molecule has 3 rings (SSSR count). The summed E-state index contributed by atoms with van der Waals surface area (Å²) in [5, 5.41) is 2.81. The summed E-state index contributed by atoms with van der Waals surface area (Å²) < 4.78 is 5.21. The van der Waals surface area contributed by atoms with Crippen molar-refractivity contribution >= 4 is 11.7 Å². The minimum Gasteiger partial charge on any atom is -0.461 e. The molecule has 0 aliphatic carbocycles. The molecule has 3 aromatic rings. The summed E-state index contributed by atoms with van der Waals surface area (Å²) in [5.41, 5.74) is 8.29. The van der Waals surface area contributed by atoms with Gasteiger partial charge < -0.3 is 15.5 Å². The molecule has 0 aliphatic rings. The summed E-state index contributed by atoms with van der Waals surface area (Å²) in [6.07, 6.45) is 2.93. The first-order chi connectivity index (χ1) is 11.1. The van der Waals surface area contributed by atoms with Gasteiger partial charge in [-0.3, -0.25) is 4.79 Å². The summed E-state index contributed by atoms with van der Waals surface area (Å²) in [6, 6.07) is 11.4. The predicted molar refractivity (Wildman–Crippen MR) is 86.5 cm³/mol. The number of furan rings is 1. The highest BCUT2D eigenvalue weighted by atomic mass is 16.3. The quantitative estimate of drug-likeness (QED) is 0.772. The second-order valence-electron chi connectivity index (χ2n) is 5.14. The van der Waals surface area contributed by atoms with Gasteiger partial charge in [0.15, 0.2) is 11.6 Å². The number of nitrogen functional groups attached to an aromatic ring is 1. The van der Waals surface area contributed by atoms with Gasteiger partial charge in [0.1, 0.15) is 5.82 Å². The number of carbonyl (C=O) groups excluding carboxylic acids is 1. The van der Waals surface area contributed by atoms with Crippen LogP contribution >= 0.6 is 0 Å². The van der Waals surface area contributed by atoms with Crippen LogP contribution in [0.5, 0.6) is 0 Å². The van der Waals surface area contributed by atoms with E-state index in [0.29, 0.717) is 18.1 Å². The number of nitrogens with zero attached hydrogens (tertiary/aromatic N) is 2. The van der Waals surface area contributed by atoms with Gasteiger partial charge in [0.2, 0.25) is 0 Å². The maximum Gasteiger partial charge on any atom is 0.256 e. The Labute approximate surface area is 133 Å². The van der Waals surface area contributed by atoms with Crippen LogP contribution in [0.2, 0.25) is 0 Å². The molecule has 6 nitrogen and oxygen atoms in total. The standard InChI is InChI=1S/C17H16N4O2/c1-11-4-6-12(7-5-11)9-20-17(22)13-10-19-16(21-15(13)18)14-3-2-8-23-14/h2-8,10H,9H2,1H3,(H,20,22)(H2,18,19,21). The lowest BCUT2D eigenvalue weighted by Crippen LogP contribution is -2.24.